The fourth-order valence-corrected chi connectivity index (χ4v) is 1.49. The standard InChI is InChI=1S/C11H18FN/c1-10-3-5-11(6-4-10)9-13(2)8-7-12/h3,5H,4,6-9H2,1-2H3. The Balaban J connectivity index is 2.37. The quantitative estimate of drug-likeness (QED) is 0.647. The molecule has 0 heterocycles. The topological polar surface area (TPSA) is 3.24 Å². The minimum atomic E-state index is -0.251. The molecule has 0 fully saturated rings. The molecule has 1 aliphatic rings. The van der Waals surface area contributed by atoms with Gasteiger partial charge in [0, 0.05) is 13.1 Å². The molecule has 0 bridgehead atoms. The summed E-state index contributed by atoms with van der Waals surface area (Å²) in [6.45, 7) is 3.35. The Morgan fingerprint density at radius 3 is 2.69 bits per heavy atom. The highest BCUT2D eigenvalue weighted by Crippen LogP contribution is 2.17. The first-order valence-electron chi connectivity index (χ1n) is 4.82. The van der Waals surface area contributed by atoms with E-state index in [0.717, 1.165) is 19.4 Å². The molecule has 2 heteroatoms. The molecule has 0 aliphatic heterocycles. The summed E-state index contributed by atoms with van der Waals surface area (Å²) in [4.78, 5) is 2.03. The Hall–Kier alpha value is -0.630. The summed E-state index contributed by atoms with van der Waals surface area (Å²) in [6.07, 6.45) is 6.64. The predicted octanol–water partition coefficient (Wildman–Crippen LogP) is 2.55. The summed E-state index contributed by atoms with van der Waals surface area (Å²) in [7, 11) is 1.96. The van der Waals surface area contributed by atoms with E-state index in [1.807, 2.05) is 11.9 Å². The van der Waals surface area contributed by atoms with Gasteiger partial charge < -0.3 is 0 Å². The molecule has 0 saturated heterocycles. The van der Waals surface area contributed by atoms with Gasteiger partial charge in [0.2, 0.25) is 0 Å². The van der Waals surface area contributed by atoms with Gasteiger partial charge in [-0.3, -0.25) is 4.90 Å². The Morgan fingerprint density at radius 2 is 2.15 bits per heavy atom. The van der Waals surface area contributed by atoms with Crippen LogP contribution in [0.4, 0.5) is 4.39 Å². The molecular formula is C11H18FN. The van der Waals surface area contributed by atoms with E-state index in [1.165, 1.54) is 11.1 Å². The van der Waals surface area contributed by atoms with Crippen molar-refractivity contribution < 1.29 is 4.39 Å². The first-order valence-corrected chi connectivity index (χ1v) is 4.82. The van der Waals surface area contributed by atoms with E-state index in [0.29, 0.717) is 6.54 Å². The zero-order chi connectivity index (χ0) is 9.68. The maximum atomic E-state index is 12.0. The first kappa shape index (κ1) is 10.5. The number of hydrogen-bond donors (Lipinski definition) is 0. The van der Waals surface area contributed by atoms with E-state index in [-0.39, 0.29) is 6.67 Å². The van der Waals surface area contributed by atoms with Crippen LogP contribution in [0.5, 0.6) is 0 Å². The molecule has 1 nitrogen and oxygen atoms in total. The lowest BCUT2D eigenvalue weighted by atomic mass is 9.99. The van der Waals surface area contributed by atoms with E-state index < -0.39 is 0 Å². The van der Waals surface area contributed by atoms with Gasteiger partial charge >= 0.3 is 0 Å². The molecule has 74 valence electrons. The fraction of sp³-hybridized carbons (Fsp3) is 0.636. The number of rotatable bonds is 4. The molecule has 0 saturated carbocycles. The van der Waals surface area contributed by atoms with Gasteiger partial charge in [-0.15, -0.1) is 0 Å². The van der Waals surface area contributed by atoms with Gasteiger partial charge in [-0.05, 0) is 26.8 Å². The highest BCUT2D eigenvalue weighted by molar-refractivity contribution is 5.23. The number of likely N-dealkylation sites (N-methyl/N-ethyl adjacent to an activating group) is 1. The van der Waals surface area contributed by atoms with Gasteiger partial charge in [-0.25, -0.2) is 4.39 Å². The van der Waals surface area contributed by atoms with Crippen LogP contribution in [0.2, 0.25) is 0 Å². The summed E-state index contributed by atoms with van der Waals surface area (Å²) >= 11 is 0. The molecule has 0 N–H and O–H groups in total. The van der Waals surface area contributed by atoms with Crippen molar-refractivity contribution in [2.45, 2.75) is 19.8 Å². The molecule has 0 aromatic carbocycles. The highest BCUT2D eigenvalue weighted by atomic mass is 19.1. The molecule has 0 aromatic heterocycles. The SMILES string of the molecule is CC1=CC=C(CN(C)CCF)CC1. The molecule has 0 aromatic rings. The summed E-state index contributed by atoms with van der Waals surface area (Å²) in [5.41, 5.74) is 2.86. The first-order chi connectivity index (χ1) is 6.22. The number of allylic oxidation sites excluding steroid dienone is 3. The zero-order valence-corrected chi connectivity index (χ0v) is 8.52. The summed E-state index contributed by atoms with van der Waals surface area (Å²) in [5.74, 6) is 0. The van der Waals surface area contributed by atoms with Crippen LogP contribution in [0.1, 0.15) is 19.8 Å². The van der Waals surface area contributed by atoms with Crippen LogP contribution in [-0.2, 0) is 0 Å². The van der Waals surface area contributed by atoms with Crippen LogP contribution < -0.4 is 0 Å². The van der Waals surface area contributed by atoms with Gasteiger partial charge in [0.15, 0.2) is 0 Å². The van der Waals surface area contributed by atoms with Crippen LogP contribution in [0.3, 0.4) is 0 Å². The minimum Gasteiger partial charge on any atom is -0.300 e. The van der Waals surface area contributed by atoms with Crippen LogP contribution in [0.15, 0.2) is 23.3 Å². The Kier molecular flexibility index (Phi) is 4.16. The van der Waals surface area contributed by atoms with Gasteiger partial charge in [-0.2, -0.15) is 0 Å². The highest BCUT2D eigenvalue weighted by Gasteiger charge is 2.05. The second kappa shape index (κ2) is 5.18. The second-order valence-electron chi connectivity index (χ2n) is 3.76. The van der Waals surface area contributed by atoms with Crippen LogP contribution in [-0.4, -0.2) is 31.7 Å². The van der Waals surface area contributed by atoms with Crippen molar-refractivity contribution in [3.63, 3.8) is 0 Å². The Morgan fingerprint density at radius 1 is 1.38 bits per heavy atom. The van der Waals surface area contributed by atoms with Gasteiger partial charge in [0.05, 0.1) is 0 Å². The molecule has 0 spiro atoms. The third-order valence-corrected chi connectivity index (χ3v) is 2.38. The Labute approximate surface area is 79.9 Å². The number of halogens is 1. The van der Waals surface area contributed by atoms with Gasteiger partial charge in [0.1, 0.15) is 6.67 Å². The van der Waals surface area contributed by atoms with Crippen molar-refractivity contribution in [2.75, 3.05) is 26.8 Å². The average Bonchev–Trinajstić information content (AvgIpc) is 2.09. The van der Waals surface area contributed by atoms with Crippen LogP contribution in [0, 0.1) is 0 Å². The van der Waals surface area contributed by atoms with Crippen LogP contribution in [0.25, 0.3) is 0 Å². The smallest absolute Gasteiger partial charge is 0.102 e. The number of hydrogen-bond acceptors (Lipinski definition) is 1. The normalized spacial score (nSPS) is 17.2. The van der Waals surface area contributed by atoms with E-state index in [1.54, 1.807) is 0 Å². The maximum Gasteiger partial charge on any atom is 0.102 e. The minimum absolute atomic E-state index is 0.251. The molecule has 1 rings (SSSR count). The van der Waals surface area contributed by atoms with E-state index in [2.05, 4.69) is 19.1 Å². The largest absolute Gasteiger partial charge is 0.300 e. The molecule has 0 amide bonds. The second-order valence-corrected chi connectivity index (χ2v) is 3.76. The lowest BCUT2D eigenvalue weighted by Crippen LogP contribution is -2.23. The zero-order valence-electron chi connectivity index (χ0n) is 8.52. The van der Waals surface area contributed by atoms with E-state index in [4.69, 9.17) is 0 Å². The number of alkyl halides is 1. The van der Waals surface area contributed by atoms with E-state index in [9.17, 15) is 4.39 Å². The summed E-state index contributed by atoms with van der Waals surface area (Å²) in [6, 6.07) is 0. The third-order valence-electron chi connectivity index (χ3n) is 2.38. The van der Waals surface area contributed by atoms with Crippen LogP contribution >= 0.6 is 0 Å². The van der Waals surface area contributed by atoms with Gasteiger partial charge in [0.25, 0.3) is 0 Å². The van der Waals surface area contributed by atoms with Crippen molar-refractivity contribution in [1.82, 2.24) is 4.90 Å². The third kappa shape index (κ3) is 3.73. The van der Waals surface area contributed by atoms with E-state index >= 15 is 0 Å². The lowest BCUT2D eigenvalue weighted by molar-refractivity contribution is 0.312. The van der Waals surface area contributed by atoms with Crippen molar-refractivity contribution >= 4 is 0 Å². The lowest BCUT2D eigenvalue weighted by Gasteiger charge is -2.19. The molecule has 0 atom stereocenters. The van der Waals surface area contributed by atoms with Crippen molar-refractivity contribution in [3.8, 4) is 0 Å². The number of nitrogens with zero attached hydrogens (tertiary/aromatic N) is 1. The summed E-state index contributed by atoms with van der Waals surface area (Å²) < 4.78 is 12.0. The van der Waals surface area contributed by atoms with Gasteiger partial charge in [-0.1, -0.05) is 23.3 Å². The molecule has 0 unspecified atom stereocenters. The van der Waals surface area contributed by atoms with Crippen molar-refractivity contribution in [2.24, 2.45) is 0 Å². The summed E-state index contributed by atoms with van der Waals surface area (Å²) in [5, 5.41) is 0. The fourth-order valence-electron chi connectivity index (χ4n) is 1.49. The van der Waals surface area contributed by atoms with Crippen molar-refractivity contribution in [1.29, 1.82) is 0 Å². The maximum absolute atomic E-state index is 12.0. The molecule has 13 heavy (non-hydrogen) atoms. The monoisotopic (exact) mass is 183 g/mol. The predicted molar refractivity (Wildman–Crippen MR) is 54.5 cm³/mol. The molecule has 1 aliphatic carbocycles. The Bertz CT molecular complexity index is 218. The molecular weight excluding hydrogens is 165 g/mol. The average molecular weight is 183 g/mol. The molecule has 0 radical (unpaired) electrons. The van der Waals surface area contributed by atoms with Crippen molar-refractivity contribution in [3.05, 3.63) is 23.3 Å².